The molecule has 0 saturated heterocycles. The second-order valence-electron chi connectivity index (χ2n) is 7.79. The Morgan fingerprint density at radius 3 is 2.70 bits per heavy atom. The molecule has 2 aromatic heterocycles. The Bertz CT molecular complexity index is 1270. The Hall–Kier alpha value is -3.52. The number of aromatic nitrogens is 6. The minimum atomic E-state index is -0.0231. The van der Waals surface area contributed by atoms with Crippen molar-refractivity contribution in [3.8, 4) is 17.1 Å². The predicted octanol–water partition coefficient (Wildman–Crippen LogP) is 4.36. The molecule has 0 aliphatic carbocycles. The number of ether oxygens (including phenoxy) is 1. The zero-order valence-electron chi connectivity index (χ0n) is 18.6. The molecule has 4 aromatic rings. The van der Waals surface area contributed by atoms with Crippen molar-refractivity contribution in [1.29, 1.82) is 0 Å². The molecule has 0 atom stereocenters. The lowest BCUT2D eigenvalue weighted by molar-refractivity contribution is 0.306. The number of tetrazole rings is 1. The highest BCUT2D eigenvalue weighted by molar-refractivity contribution is 6.33. The maximum Gasteiger partial charge on any atom is 0.254 e. The average Bonchev–Trinajstić information content (AvgIpc) is 3.34. The van der Waals surface area contributed by atoms with E-state index in [1.54, 1.807) is 10.6 Å². The van der Waals surface area contributed by atoms with Gasteiger partial charge in [-0.25, -0.2) is 4.98 Å². The van der Waals surface area contributed by atoms with Gasteiger partial charge >= 0.3 is 0 Å². The van der Waals surface area contributed by atoms with Crippen LogP contribution in [0.15, 0.2) is 53.3 Å². The van der Waals surface area contributed by atoms with Gasteiger partial charge < -0.3 is 4.74 Å². The van der Waals surface area contributed by atoms with Crippen LogP contribution < -0.4 is 10.3 Å². The van der Waals surface area contributed by atoms with E-state index in [1.165, 1.54) is 0 Å². The Morgan fingerprint density at radius 2 is 1.97 bits per heavy atom. The smallest absolute Gasteiger partial charge is 0.254 e. The lowest BCUT2D eigenvalue weighted by atomic mass is 10.1. The fourth-order valence-electron chi connectivity index (χ4n) is 3.55. The summed E-state index contributed by atoms with van der Waals surface area (Å²) in [5, 5.41) is 14.5. The van der Waals surface area contributed by atoms with Gasteiger partial charge in [0.1, 0.15) is 18.2 Å². The molecule has 0 fully saturated rings. The van der Waals surface area contributed by atoms with Crippen molar-refractivity contribution in [2.75, 3.05) is 0 Å². The summed E-state index contributed by atoms with van der Waals surface area (Å²) in [4.78, 5) is 17.2. The van der Waals surface area contributed by atoms with E-state index in [4.69, 9.17) is 16.3 Å². The molecule has 33 heavy (non-hydrogen) atoms. The van der Waals surface area contributed by atoms with Crippen molar-refractivity contribution in [2.45, 2.75) is 46.3 Å². The second-order valence-corrected chi connectivity index (χ2v) is 8.17. The van der Waals surface area contributed by atoms with Crippen LogP contribution in [-0.2, 0) is 19.6 Å². The topological polar surface area (TPSA) is 98.6 Å². The normalized spacial score (nSPS) is 11.0. The monoisotopic (exact) mass is 464 g/mol. The number of aromatic amines is 1. The van der Waals surface area contributed by atoms with Crippen LogP contribution in [0, 0.1) is 6.92 Å². The highest BCUT2D eigenvalue weighted by Crippen LogP contribution is 2.29. The first-order valence-electron chi connectivity index (χ1n) is 10.9. The summed E-state index contributed by atoms with van der Waals surface area (Å²) in [5.41, 5.74) is 3.25. The average molecular weight is 465 g/mol. The minimum Gasteiger partial charge on any atom is -0.489 e. The summed E-state index contributed by atoms with van der Waals surface area (Å²) in [6.45, 7) is 4.76. The first-order valence-corrected chi connectivity index (χ1v) is 11.2. The number of hydrogen-bond acceptors (Lipinski definition) is 6. The van der Waals surface area contributed by atoms with E-state index in [-0.39, 0.29) is 5.56 Å². The lowest BCUT2D eigenvalue weighted by Gasteiger charge is -2.13. The number of unbranched alkanes of at least 4 members (excludes halogenated alkanes) is 1. The Kier molecular flexibility index (Phi) is 7.14. The number of benzene rings is 2. The molecule has 0 radical (unpaired) electrons. The number of halogens is 1. The molecule has 8 nitrogen and oxygen atoms in total. The number of nitrogens with zero attached hydrogens (tertiary/aromatic N) is 5. The Morgan fingerprint density at radius 1 is 1.15 bits per heavy atom. The maximum atomic E-state index is 12.6. The zero-order valence-corrected chi connectivity index (χ0v) is 19.3. The van der Waals surface area contributed by atoms with Crippen molar-refractivity contribution in [1.82, 2.24) is 30.2 Å². The minimum absolute atomic E-state index is 0.0231. The van der Waals surface area contributed by atoms with E-state index in [0.29, 0.717) is 35.3 Å². The summed E-state index contributed by atoms with van der Waals surface area (Å²) in [5.74, 6) is 1.98. The number of aryl methyl sites for hydroxylation is 2. The van der Waals surface area contributed by atoms with Crippen LogP contribution in [0.4, 0.5) is 0 Å². The molecule has 170 valence electrons. The molecule has 0 aliphatic heterocycles. The van der Waals surface area contributed by atoms with Crippen LogP contribution >= 0.6 is 11.6 Å². The summed E-state index contributed by atoms with van der Waals surface area (Å²) >= 11 is 6.52. The standard InChI is InChI=1S/C24H25ClN6O2/c1-3-4-8-21-26-16(2)13-22(32)31(21)14-17-9-11-19(12-10-17)33-15-18-6-5-7-20(23(18)25)24-27-29-30-28-24/h5-7,9-13H,3-4,8,14-15H2,1-2H3,(H,27,28,29,30). The number of hydrogen-bond donors (Lipinski definition) is 1. The first kappa shape index (κ1) is 22.7. The van der Waals surface area contributed by atoms with Crippen LogP contribution in [0.2, 0.25) is 5.02 Å². The van der Waals surface area contributed by atoms with Crippen molar-refractivity contribution >= 4 is 11.6 Å². The third-order valence-electron chi connectivity index (χ3n) is 5.29. The van der Waals surface area contributed by atoms with Crippen molar-refractivity contribution in [3.05, 3.63) is 86.6 Å². The van der Waals surface area contributed by atoms with E-state index < -0.39 is 0 Å². The lowest BCUT2D eigenvalue weighted by Crippen LogP contribution is -2.25. The molecule has 0 spiro atoms. The van der Waals surface area contributed by atoms with E-state index in [2.05, 4.69) is 32.5 Å². The third-order valence-corrected chi connectivity index (χ3v) is 5.74. The molecule has 0 aliphatic rings. The van der Waals surface area contributed by atoms with Gasteiger partial charge in [0.25, 0.3) is 5.56 Å². The Balaban J connectivity index is 1.45. The van der Waals surface area contributed by atoms with Gasteiger partial charge in [-0.05, 0) is 42.3 Å². The molecule has 4 rings (SSSR count). The molecule has 0 amide bonds. The van der Waals surface area contributed by atoms with Crippen LogP contribution in [0.3, 0.4) is 0 Å². The molecule has 1 N–H and O–H groups in total. The fourth-order valence-corrected chi connectivity index (χ4v) is 3.81. The summed E-state index contributed by atoms with van der Waals surface area (Å²) in [6, 6.07) is 14.9. The summed E-state index contributed by atoms with van der Waals surface area (Å²) in [7, 11) is 0. The highest BCUT2D eigenvalue weighted by Gasteiger charge is 2.12. The number of H-pyrrole nitrogens is 1. The summed E-state index contributed by atoms with van der Waals surface area (Å²) < 4.78 is 7.69. The third kappa shape index (κ3) is 5.46. The van der Waals surface area contributed by atoms with E-state index >= 15 is 0 Å². The van der Waals surface area contributed by atoms with E-state index in [0.717, 1.165) is 41.9 Å². The quantitative estimate of drug-likeness (QED) is 0.395. The van der Waals surface area contributed by atoms with Gasteiger partial charge in [-0.3, -0.25) is 9.36 Å². The van der Waals surface area contributed by atoms with Crippen molar-refractivity contribution in [3.63, 3.8) is 0 Å². The largest absolute Gasteiger partial charge is 0.489 e. The van der Waals surface area contributed by atoms with E-state index in [9.17, 15) is 4.79 Å². The SMILES string of the molecule is CCCCc1nc(C)cc(=O)n1Cc1ccc(OCc2cccc(-c3nn[nH]n3)c2Cl)cc1. The van der Waals surface area contributed by atoms with Gasteiger partial charge in [-0.2, -0.15) is 5.21 Å². The molecule has 0 unspecified atom stereocenters. The second kappa shape index (κ2) is 10.4. The van der Waals surface area contributed by atoms with Crippen LogP contribution in [0.5, 0.6) is 5.75 Å². The molecule has 2 aromatic carbocycles. The molecular formula is C24H25ClN6O2. The van der Waals surface area contributed by atoms with Crippen LogP contribution in [0.1, 0.15) is 42.4 Å². The number of nitrogens with one attached hydrogen (secondary N) is 1. The number of rotatable bonds is 9. The van der Waals surface area contributed by atoms with E-state index in [1.807, 2.05) is 49.4 Å². The molecule has 0 bridgehead atoms. The van der Waals surface area contributed by atoms with Gasteiger partial charge in [0.05, 0.1) is 11.6 Å². The fraction of sp³-hybridized carbons (Fsp3) is 0.292. The van der Waals surface area contributed by atoms with Crippen molar-refractivity contribution < 1.29 is 4.74 Å². The van der Waals surface area contributed by atoms with Crippen LogP contribution in [-0.4, -0.2) is 30.2 Å². The highest BCUT2D eigenvalue weighted by atomic mass is 35.5. The van der Waals surface area contributed by atoms with Gasteiger partial charge in [-0.15, -0.1) is 10.2 Å². The molecule has 0 saturated carbocycles. The van der Waals surface area contributed by atoms with Gasteiger partial charge in [-0.1, -0.05) is 49.2 Å². The maximum absolute atomic E-state index is 12.6. The molecule has 9 heteroatoms. The van der Waals surface area contributed by atoms with Crippen molar-refractivity contribution in [2.24, 2.45) is 0 Å². The first-order chi connectivity index (χ1) is 16.0. The molecular weight excluding hydrogens is 440 g/mol. The molecule has 2 heterocycles. The van der Waals surface area contributed by atoms with Gasteiger partial charge in [0.15, 0.2) is 0 Å². The van der Waals surface area contributed by atoms with Gasteiger partial charge in [0, 0.05) is 29.3 Å². The predicted molar refractivity (Wildman–Crippen MR) is 126 cm³/mol. The zero-order chi connectivity index (χ0) is 23.2. The van der Waals surface area contributed by atoms with Gasteiger partial charge in [0.2, 0.25) is 5.82 Å². The summed E-state index contributed by atoms with van der Waals surface area (Å²) in [6.07, 6.45) is 2.84. The van der Waals surface area contributed by atoms with Crippen LogP contribution in [0.25, 0.3) is 11.4 Å². The Labute approximate surface area is 196 Å².